The third-order valence-electron chi connectivity index (χ3n) is 9.02. The minimum absolute atomic E-state index is 0.0221. The van der Waals surface area contributed by atoms with Crippen LogP contribution in [-0.4, -0.2) is 74.9 Å². The average Bonchev–Trinajstić information content (AvgIpc) is 3.15. The van der Waals surface area contributed by atoms with Gasteiger partial charge in [-0.25, -0.2) is 4.57 Å². The van der Waals surface area contributed by atoms with Crippen molar-refractivity contribution in [2.24, 2.45) is 0 Å². The lowest BCUT2D eigenvalue weighted by atomic mass is 10.1. The predicted octanol–water partition coefficient (Wildman–Crippen LogP) is 12.5. The van der Waals surface area contributed by atoms with Crippen LogP contribution in [0.2, 0.25) is 0 Å². The molecule has 10 heteroatoms. The van der Waals surface area contributed by atoms with Gasteiger partial charge in [0.05, 0.1) is 27.7 Å². The van der Waals surface area contributed by atoms with Crippen molar-refractivity contribution in [1.29, 1.82) is 0 Å². The molecule has 56 heavy (non-hydrogen) atoms. The number of hydrogen-bond acceptors (Lipinski definition) is 7. The molecule has 0 aliphatic heterocycles. The number of quaternary nitrogens is 1. The second-order valence-corrected chi connectivity index (χ2v) is 17.2. The summed E-state index contributed by atoms with van der Waals surface area (Å²) in [7, 11) is 1.44. The molecule has 0 saturated carbocycles. The van der Waals surface area contributed by atoms with E-state index in [-0.39, 0.29) is 26.1 Å². The van der Waals surface area contributed by atoms with Crippen LogP contribution in [0.15, 0.2) is 60.8 Å². The molecular weight excluding hydrogens is 725 g/mol. The number of likely N-dealkylation sites (N-methyl/N-ethyl adjacent to an activating group) is 1. The minimum atomic E-state index is -4.39. The number of phosphoric acid groups is 1. The maximum Gasteiger partial charge on any atom is 0.472 e. The standard InChI is InChI=1S/C46H82NO8P/c1-6-8-10-12-14-16-18-20-22-23-25-27-29-31-33-35-37-39-46(49)55-44(43-54-56(50,51)53-41-40-47(3,4)5)42-52-45(48)38-36-34-32-30-28-26-24-21-19-17-15-13-11-9-7-2/h14-17,20-22,24-25,27,44H,6-13,18-19,23,26,28-43H2,1-5H3/p+1/b16-14-,17-15-,22-20-,24-21-,27-25-/t44-/m1/s1. The maximum atomic E-state index is 12.7. The number of allylic oxidation sites excluding steroid dienone is 10. The summed E-state index contributed by atoms with van der Waals surface area (Å²) in [5, 5.41) is 0. The summed E-state index contributed by atoms with van der Waals surface area (Å²) >= 11 is 0. The molecule has 0 aliphatic carbocycles. The molecular formula is C46H83NO8P+. The summed E-state index contributed by atoms with van der Waals surface area (Å²) < 4.78 is 34.3. The van der Waals surface area contributed by atoms with E-state index in [1.165, 1.54) is 51.4 Å². The van der Waals surface area contributed by atoms with Crippen molar-refractivity contribution >= 4 is 19.8 Å². The van der Waals surface area contributed by atoms with Crippen molar-refractivity contribution in [2.45, 2.75) is 174 Å². The second kappa shape index (κ2) is 38.2. The van der Waals surface area contributed by atoms with Crippen molar-refractivity contribution in [3.8, 4) is 0 Å². The van der Waals surface area contributed by atoms with Gasteiger partial charge < -0.3 is 18.9 Å². The Hall–Kier alpha value is -2.29. The number of carbonyl (C=O) groups excluding carboxylic acids is 2. The van der Waals surface area contributed by atoms with Crippen LogP contribution in [0.5, 0.6) is 0 Å². The number of hydrogen-bond donors (Lipinski definition) is 1. The summed E-state index contributed by atoms with van der Waals surface area (Å²) in [6, 6.07) is 0. The highest BCUT2D eigenvalue weighted by Crippen LogP contribution is 2.43. The highest BCUT2D eigenvalue weighted by molar-refractivity contribution is 7.47. The summed E-state index contributed by atoms with van der Waals surface area (Å²) in [5.41, 5.74) is 0. The van der Waals surface area contributed by atoms with Crippen molar-refractivity contribution in [2.75, 3.05) is 47.5 Å². The molecule has 0 aromatic carbocycles. The van der Waals surface area contributed by atoms with E-state index >= 15 is 0 Å². The van der Waals surface area contributed by atoms with Gasteiger partial charge in [-0.1, -0.05) is 132 Å². The van der Waals surface area contributed by atoms with Gasteiger partial charge in [-0.05, 0) is 83.5 Å². The first-order chi connectivity index (χ1) is 27.0. The van der Waals surface area contributed by atoms with Gasteiger partial charge in [0.15, 0.2) is 6.10 Å². The van der Waals surface area contributed by atoms with Crippen LogP contribution in [0.1, 0.15) is 168 Å². The van der Waals surface area contributed by atoms with E-state index in [0.29, 0.717) is 23.9 Å². The number of carbonyl (C=O) groups is 2. The van der Waals surface area contributed by atoms with E-state index in [9.17, 15) is 19.0 Å². The van der Waals surface area contributed by atoms with Gasteiger partial charge in [0.25, 0.3) is 0 Å². The van der Waals surface area contributed by atoms with Crippen LogP contribution in [0.3, 0.4) is 0 Å². The predicted molar refractivity (Wildman–Crippen MR) is 233 cm³/mol. The first-order valence-corrected chi connectivity index (χ1v) is 23.5. The SMILES string of the molecule is CCCCC/C=C\C/C=C\C/C=C\CCCCCCC(=O)O[C@H](COC(=O)CCCCCCC/C=C\C/C=C\CCCCC)COP(=O)(O)OCC[N+](C)(C)C. The van der Waals surface area contributed by atoms with Gasteiger partial charge in [0.2, 0.25) is 0 Å². The fourth-order valence-corrected chi connectivity index (χ4v) is 6.26. The lowest BCUT2D eigenvalue weighted by Gasteiger charge is -2.24. The molecule has 0 aromatic rings. The first-order valence-electron chi connectivity index (χ1n) is 22.0. The number of rotatable bonds is 39. The molecule has 0 fully saturated rings. The van der Waals surface area contributed by atoms with Gasteiger partial charge in [0, 0.05) is 12.8 Å². The molecule has 1 N–H and O–H groups in total. The molecule has 0 saturated heterocycles. The quantitative estimate of drug-likeness (QED) is 0.0215. The highest BCUT2D eigenvalue weighted by atomic mass is 31.2. The highest BCUT2D eigenvalue weighted by Gasteiger charge is 2.27. The Kier molecular flexibility index (Phi) is 36.7. The van der Waals surface area contributed by atoms with Crippen LogP contribution < -0.4 is 0 Å². The lowest BCUT2D eigenvalue weighted by Crippen LogP contribution is -2.37. The van der Waals surface area contributed by atoms with Crippen molar-refractivity contribution in [3.63, 3.8) is 0 Å². The average molecular weight is 809 g/mol. The Morgan fingerprint density at radius 2 is 0.964 bits per heavy atom. The number of ether oxygens (including phenoxy) is 2. The number of unbranched alkanes of at least 4 members (excludes halogenated alkanes) is 15. The Morgan fingerprint density at radius 3 is 1.43 bits per heavy atom. The summed E-state index contributed by atoms with van der Waals surface area (Å²) in [5.74, 6) is -0.844. The van der Waals surface area contributed by atoms with Crippen molar-refractivity contribution in [3.05, 3.63) is 60.8 Å². The van der Waals surface area contributed by atoms with E-state index in [1.54, 1.807) is 0 Å². The molecule has 0 radical (unpaired) electrons. The molecule has 0 aromatic heterocycles. The summed E-state index contributed by atoms with van der Waals surface area (Å²) in [6.45, 7) is 4.31. The number of phosphoric ester groups is 1. The molecule has 0 spiro atoms. The first kappa shape index (κ1) is 53.7. The Labute approximate surface area is 343 Å². The zero-order chi connectivity index (χ0) is 41.4. The molecule has 0 bridgehead atoms. The molecule has 0 heterocycles. The lowest BCUT2D eigenvalue weighted by molar-refractivity contribution is -0.870. The molecule has 9 nitrogen and oxygen atoms in total. The van der Waals surface area contributed by atoms with E-state index in [4.69, 9.17) is 18.5 Å². The van der Waals surface area contributed by atoms with E-state index in [1.807, 2.05) is 21.1 Å². The fourth-order valence-electron chi connectivity index (χ4n) is 5.52. The normalized spacial score (nSPS) is 14.2. The zero-order valence-electron chi connectivity index (χ0n) is 36.3. The second-order valence-electron chi connectivity index (χ2n) is 15.7. The Bertz CT molecular complexity index is 1140. The van der Waals surface area contributed by atoms with E-state index in [2.05, 4.69) is 74.6 Å². The molecule has 0 amide bonds. The van der Waals surface area contributed by atoms with Crippen molar-refractivity contribution in [1.82, 2.24) is 0 Å². The molecule has 0 rings (SSSR count). The van der Waals surface area contributed by atoms with Crippen LogP contribution >= 0.6 is 7.82 Å². The summed E-state index contributed by atoms with van der Waals surface area (Å²) in [4.78, 5) is 35.4. The van der Waals surface area contributed by atoms with Gasteiger partial charge in [-0.3, -0.25) is 18.6 Å². The monoisotopic (exact) mass is 809 g/mol. The van der Waals surface area contributed by atoms with Gasteiger partial charge in [-0.15, -0.1) is 0 Å². The maximum absolute atomic E-state index is 12.7. The topological polar surface area (TPSA) is 108 Å². The van der Waals surface area contributed by atoms with Crippen LogP contribution in [0.4, 0.5) is 0 Å². The Balaban J connectivity index is 4.45. The molecule has 1 unspecified atom stereocenters. The zero-order valence-corrected chi connectivity index (χ0v) is 37.2. The third kappa shape index (κ3) is 41.3. The van der Waals surface area contributed by atoms with E-state index < -0.39 is 32.5 Å². The summed E-state index contributed by atoms with van der Waals surface area (Å²) in [6.07, 6.45) is 45.5. The fraction of sp³-hybridized carbons (Fsp3) is 0.739. The molecule has 0 aliphatic rings. The minimum Gasteiger partial charge on any atom is -0.462 e. The Morgan fingerprint density at radius 1 is 0.554 bits per heavy atom. The largest absolute Gasteiger partial charge is 0.472 e. The van der Waals surface area contributed by atoms with Gasteiger partial charge in [-0.2, -0.15) is 0 Å². The smallest absolute Gasteiger partial charge is 0.462 e. The number of esters is 2. The van der Waals surface area contributed by atoms with Crippen LogP contribution in [-0.2, 0) is 32.7 Å². The molecule has 324 valence electrons. The van der Waals surface area contributed by atoms with Crippen molar-refractivity contribution < 1.29 is 42.1 Å². The van der Waals surface area contributed by atoms with Crippen LogP contribution in [0, 0.1) is 0 Å². The van der Waals surface area contributed by atoms with Gasteiger partial charge in [0.1, 0.15) is 19.8 Å². The van der Waals surface area contributed by atoms with Gasteiger partial charge >= 0.3 is 19.8 Å². The number of nitrogens with zero attached hydrogens (tertiary/aromatic N) is 1. The third-order valence-corrected chi connectivity index (χ3v) is 10.0. The molecule has 2 atom stereocenters. The van der Waals surface area contributed by atoms with Crippen LogP contribution in [0.25, 0.3) is 0 Å². The van der Waals surface area contributed by atoms with E-state index in [0.717, 1.165) is 77.0 Å².